The summed E-state index contributed by atoms with van der Waals surface area (Å²) >= 11 is 0. The fraction of sp³-hybridized carbons (Fsp3) is 0.875. The van der Waals surface area contributed by atoms with Crippen molar-refractivity contribution in [3.63, 3.8) is 0 Å². The second-order valence-electron chi connectivity index (χ2n) is 7.34. The van der Waals surface area contributed by atoms with Gasteiger partial charge in [0.2, 0.25) is 0 Å². The third-order valence-electron chi connectivity index (χ3n) is 2.55. The molecular weight excluding hydrogens is 538 g/mol. The average molecular weight is 574 g/mol. The molecule has 148 valence electrons. The summed E-state index contributed by atoms with van der Waals surface area (Å²) in [5.74, 6) is -0.278. The number of esters is 2. The number of rotatable bonds is 8. The normalized spacial score (nSPS) is 10.3. The Bertz CT molecular complexity index is 327. The van der Waals surface area contributed by atoms with Crippen LogP contribution < -0.4 is 48.0 Å². The molecule has 0 radical (unpaired) electrons. The van der Waals surface area contributed by atoms with Crippen molar-refractivity contribution >= 4 is 11.9 Å². The maximum Gasteiger partial charge on any atom is 0.305 e. The van der Waals surface area contributed by atoms with E-state index in [1.54, 1.807) is 0 Å². The fourth-order valence-corrected chi connectivity index (χ4v) is 1.17. The second kappa shape index (κ2) is 16.8. The Morgan fingerprint density at radius 3 is 1.46 bits per heavy atom. The molecule has 0 fully saturated rings. The van der Waals surface area contributed by atoms with Crippen LogP contribution in [0.3, 0.4) is 0 Å². The van der Waals surface area contributed by atoms with Gasteiger partial charge in [-0.2, -0.15) is 0 Å². The summed E-state index contributed by atoms with van der Waals surface area (Å²) in [6, 6.07) is 0. The van der Waals surface area contributed by atoms with E-state index in [1.165, 1.54) is 6.92 Å². The molecule has 0 aromatic carbocycles. The number of hydrogen-bond acceptors (Lipinski definition) is 4. The molecule has 0 spiro atoms. The van der Waals surface area contributed by atoms with Crippen LogP contribution in [0.25, 0.3) is 0 Å². The van der Waals surface area contributed by atoms with E-state index in [0.717, 1.165) is 28.5 Å². The molecule has 8 heteroatoms. The molecule has 0 aliphatic heterocycles. The predicted octanol–water partition coefficient (Wildman–Crippen LogP) is -4.70. The van der Waals surface area contributed by atoms with Crippen LogP contribution in [0.5, 0.6) is 0 Å². The lowest BCUT2D eigenvalue weighted by molar-refractivity contribution is -0.870. The Kier molecular flexibility index (Phi) is 22.4. The van der Waals surface area contributed by atoms with Crippen LogP contribution in [0.2, 0.25) is 0 Å². The summed E-state index contributed by atoms with van der Waals surface area (Å²) in [6.45, 7) is 6.17. The third kappa shape index (κ3) is 33.8. The van der Waals surface area contributed by atoms with Gasteiger partial charge in [-0.05, 0) is 6.42 Å². The highest BCUT2D eigenvalue weighted by molar-refractivity contribution is 5.69. The van der Waals surface area contributed by atoms with Gasteiger partial charge in [0.1, 0.15) is 26.3 Å². The van der Waals surface area contributed by atoms with Gasteiger partial charge in [-0.1, -0.05) is 6.92 Å². The molecule has 0 aliphatic rings. The lowest BCUT2D eigenvalue weighted by Gasteiger charge is -2.23. The Balaban J connectivity index is -0.000000156. The SMILES string of the molecule is CC(=O)OCC[N+](C)(C)C.CCCC(=O)OCC[N+](C)(C)C.[I-].[I-]. The number of halogens is 2. The maximum absolute atomic E-state index is 10.9. The first-order valence-corrected chi connectivity index (χ1v) is 7.77. The van der Waals surface area contributed by atoms with Gasteiger partial charge in [0.15, 0.2) is 0 Å². The van der Waals surface area contributed by atoms with Crippen molar-refractivity contribution in [3.05, 3.63) is 0 Å². The van der Waals surface area contributed by atoms with E-state index < -0.39 is 0 Å². The predicted molar refractivity (Wildman–Crippen MR) is 88.3 cm³/mol. The summed E-state index contributed by atoms with van der Waals surface area (Å²) in [4.78, 5) is 21.2. The van der Waals surface area contributed by atoms with Crippen LogP contribution in [0.15, 0.2) is 0 Å². The first kappa shape index (κ1) is 32.0. The minimum atomic E-state index is -0.201. The van der Waals surface area contributed by atoms with Crippen molar-refractivity contribution in [2.24, 2.45) is 0 Å². The molecule has 0 aliphatic carbocycles. The number of ether oxygens (including phenoxy) is 2. The Morgan fingerprint density at radius 2 is 1.17 bits per heavy atom. The molecule has 0 amide bonds. The van der Waals surface area contributed by atoms with Gasteiger partial charge in [-0.15, -0.1) is 0 Å². The van der Waals surface area contributed by atoms with Gasteiger partial charge in [-0.25, -0.2) is 0 Å². The molecule has 0 atom stereocenters. The zero-order valence-corrected chi connectivity index (χ0v) is 20.8. The van der Waals surface area contributed by atoms with Crippen molar-refractivity contribution in [2.45, 2.75) is 26.7 Å². The van der Waals surface area contributed by atoms with Gasteiger partial charge >= 0.3 is 11.9 Å². The van der Waals surface area contributed by atoms with Crippen LogP contribution in [-0.2, 0) is 19.1 Å². The minimum absolute atomic E-state index is 0. The monoisotopic (exact) mass is 574 g/mol. The zero-order chi connectivity index (χ0) is 17.8. The van der Waals surface area contributed by atoms with E-state index in [2.05, 4.69) is 42.3 Å². The highest BCUT2D eigenvalue weighted by Crippen LogP contribution is 1.94. The van der Waals surface area contributed by atoms with Crippen LogP contribution >= 0.6 is 0 Å². The van der Waals surface area contributed by atoms with E-state index in [1.807, 2.05) is 6.92 Å². The van der Waals surface area contributed by atoms with Crippen molar-refractivity contribution in [3.8, 4) is 0 Å². The second-order valence-corrected chi connectivity index (χ2v) is 7.34. The molecule has 0 aromatic heterocycles. The topological polar surface area (TPSA) is 52.6 Å². The van der Waals surface area contributed by atoms with Gasteiger partial charge in [-0.3, -0.25) is 9.59 Å². The molecule has 0 rings (SSSR count). The molecule has 24 heavy (non-hydrogen) atoms. The van der Waals surface area contributed by atoms with Crippen molar-refractivity contribution < 1.29 is 76.0 Å². The summed E-state index contributed by atoms with van der Waals surface area (Å²) in [5.41, 5.74) is 0. The largest absolute Gasteiger partial charge is 1.00 e. The number of nitrogens with zero attached hydrogens (tertiary/aromatic N) is 2. The standard InChI is InChI=1S/C9H20NO2.C7H16NO2.2HI/c1-5-6-9(11)12-8-7-10(2,3)4;1-7(9)10-6-5-8(2,3)4;;/h5-8H2,1-4H3;5-6H2,1-4H3;2*1H/q2*+1;;/p-2. The molecule has 0 aromatic rings. The summed E-state index contributed by atoms with van der Waals surface area (Å²) in [7, 11) is 12.4. The van der Waals surface area contributed by atoms with E-state index in [4.69, 9.17) is 9.47 Å². The maximum atomic E-state index is 10.9. The molecular formula is C16H36I2N2O4. The summed E-state index contributed by atoms with van der Waals surface area (Å²) in [6.07, 6.45) is 1.40. The first-order valence-electron chi connectivity index (χ1n) is 7.77. The molecule has 0 N–H and O–H groups in total. The van der Waals surface area contributed by atoms with Gasteiger partial charge in [0.25, 0.3) is 0 Å². The summed E-state index contributed by atoms with van der Waals surface area (Å²) < 4.78 is 11.4. The van der Waals surface area contributed by atoms with E-state index in [-0.39, 0.29) is 59.9 Å². The van der Waals surface area contributed by atoms with Crippen LogP contribution in [0.1, 0.15) is 26.7 Å². The van der Waals surface area contributed by atoms with E-state index >= 15 is 0 Å². The van der Waals surface area contributed by atoms with E-state index in [9.17, 15) is 9.59 Å². The van der Waals surface area contributed by atoms with E-state index in [0.29, 0.717) is 19.6 Å². The van der Waals surface area contributed by atoms with Crippen LogP contribution in [0.4, 0.5) is 0 Å². The lowest BCUT2D eigenvalue weighted by atomic mass is 10.3. The molecule has 0 unspecified atom stereocenters. The first-order chi connectivity index (χ1) is 9.87. The summed E-state index contributed by atoms with van der Waals surface area (Å²) in [5, 5.41) is 0. The molecule has 0 bridgehead atoms. The smallest absolute Gasteiger partial charge is 0.305 e. The number of quaternary nitrogens is 2. The Morgan fingerprint density at radius 1 is 0.792 bits per heavy atom. The minimum Gasteiger partial charge on any atom is -1.00 e. The van der Waals surface area contributed by atoms with Gasteiger partial charge in [0.05, 0.1) is 42.3 Å². The van der Waals surface area contributed by atoms with Gasteiger partial charge < -0.3 is 66.4 Å². The molecule has 0 saturated carbocycles. The molecule has 6 nitrogen and oxygen atoms in total. The van der Waals surface area contributed by atoms with Crippen LogP contribution in [0, 0.1) is 0 Å². The van der Waals surface area contributed by atoms with Crippen molar-refractivity contribution in [1.82, 2.24) is 0 Å². The van der Waals surface area contributed by atoms with Crippen LogP contribution in [-0.4, -0.2) is 89.5 Å². The Labute approximate surface area is 182 Å². The fourth-order valence-electron chi connectivity index (χ4n) is 1.17. The quantitative estimate of drug-likeness (QED) is 0.166. The average Bonchev–Trinajstić information content (AvgIpc) is 2.25. The van der Waals surface area contributed by atoms with Crippen molar-refractivity contribution in [1.29, 1.82) is 0 Å². The van der Waals surface area contributed by atoms with Gasteiger partial charge in [0, 0.05) is 13.3 Å². The highest BCUT2D eigenvalue weighted by Gasteiger charge is 2.08. The highest BCUT2D eigenvalue weighted by atomic mass is 127. The molecule has 0 heterocycles. The Hall–Kier alpha value is 0.320. The number of hydrogen-bond donors (Lipinski definition) is 0. The number of likely N-dealkylation sites (N-methyl/N-ethyl adjacent to an activating group) is 2. The van der Waals surface area contributed by atoms with Crippen molar-refractivity contribution in [2.75, 3.05) is 68.6 Å². The zero-order valence-electron chi connectivity index (χ0n) is 16.5. The number of carbonyl (C=O) groups excluding carboxylic acids is 2. The number of carbonyl (C=O) groups is 2. The third-order valence-corrected chi connectivity index (χ3v) is 2.55. The lowest BCUT2D eigenvalue weighted by Crippen LogP contribution is -3.00. The molecule has 0 saturated heterocycles.